The van der Waals surface area contributed by atoms with Crippen molar-refractivity contribution in [2.45, 2.75) is 25.8 Å². The maximum Gasteiger partial charge on any atom is 0.154 e. The quantitative estimate of drug-likeness (QED) is 0.835. The largest absolute Gasteiger partial charge is 0.276 e. The first-order chi connectivity index (χ1) is 8.20. The predicted octanol–water partition coefficient (Wildman–Crippen LogP) is 2.27. The van der Waals surface area contributed by atoms with Crippen molar-refractivity contribution < 1.29 is 0 Å². The molecule has 1 fully saturated rings. The molecule has 2 heterocycles. The topological polar surface area (TPSA) is 35.6 Å². The van der Waals surface area contributed by atoms with E-state index in [0.29, 0.717) is 5.15 Å². The third-order valence-corrected chi connectivity index (χ3v) is 3.39. The minimum Gasteiger partial charge on any atom is -0.276 e. The van der Waals surface area contributed by atoms with E-state index in [4.69, 9.17) is 11.6 Å². The van der Waals surface area contributed by atoms with Crippen LogP contribution in [-0.4, -0.2) is 19.6 Å². The first-order valence-corrected chi connectivity index (χ1v) is 6.29. The zero-order valence-electron chi connectivity index (χ0n) is 9.80. The molecule has 5 heteroatoms. The van der Waals surface area contributed by atoms with E-state index in [2.05, 4.69) is 16.4 Å². The summed E-state index contributed by atoms with van der Waals surface area (Å²) in [7, 11) is 1.92. The highest BCUT2D eigenvalue weighted by Gasteiger charge is 2.22. The van der Waals surface area contributed by atoms with Gasteiger partial charge in [0, 0.05) is 38.0 Å². The molecule has 3 rings (SSSR count). The second-order valence-corrected chi connectivity index (χ2v) is 5.13. The maximum absolute atomic E-state index is 6.14. The monoisotopic (exact) mass is 250 g/mol. The van der Waals surface area contributed by atoms with Crippen LogP contribution in [0.2, 0.25) is 5.15 Å². The van der Waals surface area contributed by atoms with Crippen molar-refractivity contribution in [2.24, 2.45) is 13.0 Å². The van der Waals surface area contributed by atoms with Crippen molar-refractivity contribution in [1.29, 1.82) is 0 Å². The molecule has 17 heavy (non-hydrogen) atoms. The SMILES string of the molecule is Cn1ccc(Cc2cn(CC3CC3)nc2Cl)n1. The van der Waals surface area contributed by atoms with E-state index in [9.17, 15) is 0 Å². The minimum atomic E-state index is 0.608. The molecule has 0 radical (unpaired) electrons. The van der Waals surface area contributed by atoms with Crippen LogP contribution >= 0.6 is 11.6 Å². The highest BCUT2D eigenvalue weighted by molar-refractivity contribution is 6.30. The summed E-state index contributed by atoms with van der Waals surface area (Å²) in [5, 5.41) is 9.30. The van der Waals surface area contributed by atoms with Crippen LogP contribution in [0.15, 0.2) is 18.5 Å². The second-order valence-electron chi connectivity index (χ2n) is 4.77. The molecule has 2 aromatic rings. The van der Waals surface area contributed by atoms with E-state index >= 15 is 0 Å². The molecule has 1 aliphatic rings. The molecule has 0 unspecified atom stereocenters. The summed E-state index contributed by atoms with van der Waals surface area (Å²) < 4.78 is 3.77. The van der Waals surface area contributed by atoms with Crippen LogP contribution in [0.25, 0.3) is 0 Å². The Morgan fingerprint density at radius 3 is 2.88 bits per heavy atom. The van der Waals surface area contributed by atoms with Gasteiger partial charge in [-0.15, -0.1) is 0 Å². The standard InChI is InChI=1S/C12H15ClN4/c1-16-5-4-11(14-16)6-10-8-17(15-12(10)13)7-9-2-3-9/h4-5,8-9H,2-3,6-7H2,1H3. The lowest BCUT2D eigenvalue weighted by Crippen LogP contribution is -1.99. The molecular formula is C12H15ClN4. The highest BCUT2D eigenvalue weighted by atomic mass is 35.5. The Balaban J connectivity index is 1.75. The van der Waals surface area contributed by atoms with Gasteiger partial charge >= 0.3 is 0 Å². The van der Waals surface area contributed by atoms with E-state index in [1.165, 1.54) is 12.8 Å². The van der Waals surface area contributed by atoms with Crippen LogP contribution in [0.1, 0.15) is 24.1 Å². The Morgan fingerprint density at radius 2 is 2.24 bits per heavy atom. The molecular weight excluding hydrogens is 236 g/mol. The molecule has 0 spiro atoms. The van der Waals surface area contributed by atoms with Crippen LogP contribution in [-0.2, 0) is 20.0 Å². The summed E-state index contributed by atoms with van der Waals surface area (Å²) in [6.07, 6.45) is 7.40. The molecule has 0 amide bonds. The van der Waals surface area contributed by atoms with Crippen molar-refractivity contribution >= 4 is 11.6 Å². The molecule has 0 saturated heterocycles. The number of nitrogens with zero attached hydrogens (tertiary/aromatic N) is 4. The number of halogens is 1. The summed E-state index contributed by atoms with van der Waals surface area (Å²) in [6, 6.07) is 2.01. The van der Waals surface area contributed by atoms with E-state index < -0.39 is 0 Å². The van der Waals surface area contributed by atoms with E-state index in [1.54, 1.807) is 4.68 Å². The van der Waals surface area contributed by atoms with Crippen LogP contribution in [0.4, 0.5) is 0 Å². The van der Waals surface area contributed by atoms with Crippen molar-refractivity contribution in [3.8, 4) is 0 Å². The van der Waals surface area contributed by atoms with Gasteiger partial charge in [-0.3, -0.25) is 9.36 Å². The van der Waals surface area contributed by atoms with E-state index in [1.807, 2.05) is 24.0 Å². The Labute approximate surface area is 105 Å². The Bertz CT molecular complexity index is 524. The number of hydrogen-bond donors (Lipinski definition) is 0. The van der Waals surface area contributed by atoms with Crippen LogP contribution < -0.4 is 0 Å². The smallest absolute Gasteiger partial charge is 0.154 e. The number of aromatic nitrogens is 4. The van der Waals surface area contributed by atoms with Gasteiger partial charge in [0.25, 0.3) is 0 Å². The maximum atomic E-state index is 6.14. The summed E-state index contributed by atoms with van der Waals surface area (Å²) in [5.74, 6) is 0.814. The minimum absolute atomic E-state index is 0.608. The van der Waals surface area contributed by atoms with Gasteiger partial charge in [0.2, 0.25) is 0 Å². The van der Waals surface area contributed by atoms with Gasteiger partial charge < -0.3 is 0 Å². The summed E-state index contributed by atoms with van der Waals surface area (Å²) >= 11 is 6.14. The zero-order valence-corrected chi connectivity index (χ0v) is 10.6. The van der Waals surface area contributed by atoms with Crippen molar-refractivity contribution in [3.63, 3.8) is 0 Å². The average molecular weight is 251 g/mol. The number of hydrogen-bond acceptors (Lipinski definition) is 2. The lowest BCUT2D eigenvalue weighted by Gasteiger charge is -1.96. The summed E-state index contributed by atoms with van der Waals surface area (Å²) in [5.41, 5.74) is 2.09. The van der Waals surface area contributed by atoms with Gasteiger partial charge in [-0.2, -0.15) is 10.2 Å². The van der Waals surface area contributed by atoms with Crippen LogP contribution in [0.5, 0.6) is 0 Å². The lowest BCUT2D eigenvalue weighted by atomic mass is 10.2. The molecule has 0 aromatic carbocycles. The van der Waals surface area contributed by atoms with Crippen LogP contribution in [0.3, 0.4) is 0 Å². The molecule has 1 saturated carbocycles. The van der Waals surface area contributed by atoms with Gasteiger partial charge in [0.15, 0.2) is 5.15 Å². The summed E-state index contributed by atoms with van der Waals surface area (Å²) in [6.45, 7) is 1.00. The first-order valence-electron chi connectivity index (χ1n) is 5.91. The molecule has 4 nitrogen and oxygen atoms in total. The molecule has 0 N–H and O–H groups in total. The normalized spacial score (nSPS) is 15.4. The zero-order chi connectivity index (χ0) is 11.8. The highest BCUT2D eigenvalue weighted by Crippen LogP contribution is 2.31. The Kier molecular flexibility index (Phi) is 2.67. The van der Waals surface area contributed by atoms with Gasteiger partial charge in [-0.1, -0.05) is 11.6 Å². The van der Waals surface area contributed by atoms with Gasteiger partial charge in [-0.05, 0) is 24.8 Å². The summed E-state index contributed by atoms with van der Waals surface area (Å²) in [4.78, 5) is 0. The van der Waals surface area contributed by atoms with Gasteiger partial charge in [0.05, 0.1) is 5.69 Å². The second kappa shape index (κ2) is 4.18. The van der Waals surface area contributed by atoms with Crippen molar-refractivity contribution in [2.75, 3.05) is 0 Å². The van der Waals surface area contributed by atoms with Crippen molar-refractivity contribution in [3.05, 3.63) is 34.9 Å². The fraction of sp³-hybridized carbons (Fsp3) is 0.500. The molecule has 0 aliphatic heterocycles. The van der Waals surface area contributed by atoms with Crippen molar-refractivity contribution in [1.82, 2.24) is 19.6 Å². The van der Waals surface area contributed by atoms with E-state index in [0.717, 1.165) is 30.1 Å². The van der Waals surface area contributed by atoms with Gasteiger partial charge in [0.1, 0.15) is 0 Å². The fourth-order valence-corrected chi connectivity index (χ4v) is 2.18. The molecule has 2 aromatic heterocycles. The molecule has 90 valence electrons. The Hall–Kier alpha value is -1.29. The third kappa shape index (κ3) is 2.52. The fourth-order valence-electron chi connectivity index (χ4n) is 1.97. The molecule has 1 aliphatic carbocycles. The third-order valence-electron chi connectivity index (χ3n) is 3.07. The number of aryl methyl sites for hydroxylation is 1. The van der Waals surface area contributed by atoms with Crippen LogP contribution in [0, 0.1) is 5.92 Å². The molecule has 0 bridgehead atoms. The predicted molar refractivity (Wildman–Crippen MR) is 66.0 cm³/mol. The van der Waals surface area contributed by atoms with E-state index in [-0.39, 0.29) is 0 Å². The van der Waals surface area contributed by atoms with Gasteiger partial charge in [-0.25, -0.2) is 0 Å². The Morgan fingerprint density at radius 1 is 1.41 bits per heavy atom. The first kappa shape index (κ1) is 10.8. The number of rotatable bonds is 4. The molecule has 0 atom stereocenters. The average Bonchev–Trinajstić information content (AvgIpc) is 2.89. The lowest BCUT2D eigenvalue weighted by molar-refractivity contribution is 0.563.